The Balaban J connectivity index is 1.44. The van der Waals surface area contributed by atoms with Crippen molar-refractivity contribution >= 4 is 28.8 Å². The first-order valence-corrected chi connectivity index (χ1v) is 17.7. The Bertz CT molecular complexity index is 1610. The van der Waals surface area contributed by atoms with Gasteiger partial charge in [0.25, 0.3) is 0 Å². The number of benzene rings is 2. The van der Waals surface area contributed by atoms with Crippen molar-refractivity contribution in [2.24, 2.45) is 5.92 Å². The lowest BCUT2D eigenvalue weighted by molar-refractivity contribution is -0.137. The molecule has 0 bridgehead atoms. The van der Waals surface area contributed by atoms with Crippen molar-refractivity contribution in [3.63, 3.8) is 0 Å². The van der Waals surface area contributed by atoms with Crippen LogP contribution in [0.5, 0.6) is 0 Å². The van der Waals surface area contributed by atoms with E-state index >= 15 is 0 Å². The maximum Gasteiger partial charge on any atom is 0.303 e. The average Bonchev–Trinajstić information content (AvgIpc) is 3.37. The van der Waals surface area contributed by atoms with Gasteiger partial charge < -0.3 is 10.0 Å². The van der Waals surface area contributed by atoms with Gasteiger partial charge in [-0.2, -0.15) is 0 Å². The molecule has 1 aliphatic heterocycles. The lowest BCUT2D eigenvalue weighted by Crippen LogP contribution is -2.27. The molecular weight excluding hydrogens is 586 g/mol. The first-order chi connectivity index (χ1) is 21.9. The zero-order chi connectivity index (χ0) is 33.1. The highest BCUT2D eigenvalue weighted by Gasteiger charge is 2.39. The quantitative estimate of drug-likeness (QED) is 0.235. The number of allylic oxidation sites excluding steroid dienone is 10. The SMILES string of the molecule is CC(C)CCN1/C(=C\C=C2/CCCC(/C=C/C3=C(CCCCCC(=O)O)c4ccccc4C3(C)C)=C2Cl)C(C)(C)c2ccccc21. The van der Waals surface area contributed by atoms with Crippen molar-refractivity contribution in [1.82, 2.24) is 0 Å². The number of carboxylic acid groups (broad SMARTS) is 1. The lowest BCUT2D eigenvalue weighted by atomic mass is 9.80. The largest absolute Gasteiger partial charge is 0.481 e. The molecule has 0 fully saturated rings. The summed E-state index contributed by atoms with van der Waals surface area (Å²) in [5.41, 5.74) is 11.8. The fourth-order valence-electron chi connectivity index (χ4n) is 7.63. The lowest BCUT2D eigenvalue weighted by Gasteiger charge is -2.28. The summed E-state index contributed by atoms with van der Waals surface area (Å²) in [5, 5.41) is 9.95. The van der Waals surface area contributed by atoms with Crippen LogP contribution in [0, 0.1) is 5.92 Å². The minimum atomic E-state index is -0.710. The third-order valence-electron chi connectivity index (χ3n) is 10.3. The molecular formula is C42H52ClNO2. The molecule has 0 saturated heterocycles. The molecule has 46 heavy (non-hydrogen) atoms. The molecule has 0 aromatic heterocycles. The van der Waals surface area contributed by atoms with E-state index in [0.717, 1.165) is 62.9 Å². The van der Waals surface area contributed by atoms with Crippen LogP contribution in [0.4, 0.5) is 5.69 Å². The van der Waals surface area contributed by atoms with Gasteiger partial charge >= 0.3 is 5.97 Å². The number of aliphatic carboxylic acids is 1. The molecule has 0 radical (unpaired) electrons. The molecule has 2 aromatic carbocycles. The maximum atomic E-state index is 11.0. The summed E-state index contributed by atoms with van der Waals surface area (Å²) in [5.74, 6) is -0.0660. The third kappa shape index (κ3) is 7.00. The van der Waals surface area contributed by atoms with Gasteiger partial charge in [0, 0.05) is 40.2 Å². The third-order valence-corrected chi connectivity index (χ3v) is 10.8. The van der Waals surface area contributed by atoms with E-state index < -0.39 is 5.97 Å². The van der Waals surface area contributed by atoms with Crippen LogP contribution >= 0.6 is 11.6 Å². The molecule has 3 nitrogen and oxygen atoms in total. The molecule has 0 atom stereocenters. The van der Waals surface area contributed by atoms with Gasteiger partial charge in [-0.15, -0.1) is 0 Å². The van der Waals surface area contributed by atoms with Crippen LogP contribution in [0.25, 0.3) is 5.57 Å². The first kappa shape index (κ1) is 34.0. The van der Waals surface area contributed by atoms with Crippen LogP contribution in [-0.2, 0) is 15.6 Å². The average molecular weight is 638 g/mol. The molecule has 5 rings (SSSR count). The number of halogens is 1. The number of anilines is 1. The minimum absolute atomic E-state index is 0.0716. The summed E-state index contributed by atoms with van der Waals surface area (Å²) in [4.78, 5) is 13.5. The first-order valence-electron chi connectivity index (χ1n) is 17.3. The smallest absolute Gasteiger partial charge is 0.303 e. The summed E-state index contributed by atoms with van der Waals surface area (Å²) in [6, 6.07) is 17.6. The highest BCUT2D eigenvalue weighted by atomic mass is 35.5. The molecule has 1 N–H and O–H groups in total. The molecule has 0 amide bonds. The predicted octanol–water partition coefficient (Wildman–Crippen LogP) is 11.7. The van der Waals surface area contributed by atoms with Crippen molar-refractivity contribution in [3.8, 4) is 0 Å². The molecule has 1 heterocycles. The molecule has 3 aliphatic rings. The van der Waals surface area contributed by atoms with E-state index in [1.54, 1.807) is 0 Å². The van der Waals surface area contributed by atoms with Gasteiger partial charge in [-0.25, -0.2) is 0 Å². The standard InChI is InChI=1S/C42H52ClNO2/c1-29(2)27-28-44-37-21-13-12-20-36(37)42(5,6)38(44)26-24-31-16-14-15-30(40(31)43)23-25-35-33(17-8-7-9-22-39(45)46)32-18-10-11-19-34(32)41(35,3)4/h10-13,18-21,23-26,29H,7-9,14-17,22,27-28H2,1-6H3,(H,45,46)/b25-23+,31-24+,38-26-. The van der Waals surface area contributed by atoms with E-state index in [2.05, 4.69) is 119 Å². The van der Waals surface area contributed by atoms with Crippen molar-refractivity contribution in [1.29, 1.82) is 0 Å². The number of carbonyl (C=O) groups is 1. The van der Waals surface area contributed by atoms with Crippen molar-refractivity contribution in [2.75, 3.05) is 11.4 Å². The normalized spacial score (nSPS) is 20.5. The Morgan fingerprint density at radius 2 is 1.63 bits per heavy atom. The second-order valence-electron chi connectivity index (χ2n) is 14.8. The van der Waals surface area contributed by atoms with Crippen molar-refractivity contribution < 1.29 is 9.90 Å². The summed E-state index contributed by atoms with van der Waals surface area (Å²) >= 11 is 7.21. The van der Waals surface area contributed by atoms with Crippen LogP contribution in [0.15, 0.2) is 100 Å². The fourth-order valence-corrected chi connectivity index (χ4v) is 7.95. The molecule has 0 spiro atoms. The molecule has 2 aliphatic carbocycles. The second-order valence-corrected chi connectivity index (χ2v) is 15.1. The highest BCUT2D eigenvalue weighted by Crippen LogP contribution is 2.50. The zero-order valence-corrected chi connectivity index (χ0v) is 29.5. The van der Waals surface area contributed by atoms with Gasteiger partial charge in [-0.1, -0.05) is 120 Å². The fraction of sp³-hybridized carbons (Fsp3) is 0.452. The molecule has 244 valence electrons. The Hall–Kier alpha value is -3.30. The van der Waals surface area contributed by atoms with Crippen LogP contribution < -0.4 is 4.90 Å². The van der Waals surface area contributed by atoms with Crippen LogP contribution in [-0.4, -0.2) is 17.6 Å². The number of nitrogens with zero attached hydrogens (tertiary/aromatic N) is 1. The molecule has 4 heteroatoms. The van der Waals surface area contributed by atoms with E-state index in [0.29, 0.717) is 5.92 Å². The predicted molar refractivity (Wildman–Crippen MR) is 195 cm³/mol. The van der Waals surface area contributed by atoms with E-state index in [-0.39, 0.29) is 17.3 Å². The van der Waals surface area contributed by atoms with E-state index in [4.69, 9.17) is 16.7 Å². The Morgan fingerprint density at radius 3 is 2.37 bits per heavy atom. The number of fused-ring (bicyclic) bond motifs is 2. The second kappa shape index (κ2) is 14.2. The maximum absolute atomic E-state index is 11.0. The monoisotopic (exact) mass is 637 g/mol. The molecule has 2 aromatic rings. The van der Waals surface area contributed by atoms with Crippen LogP contribution in [0.1, 0.15) is 116 Å². The summed E-state index contributed by atoms with van der Waals surface area (Å²) < 4.78 is 0. The number of hydrogen-bond acceptors (Lipinski definition) is 2. The minimum Gasteiger partial charge on any atom is -0.481 e. The number of para-hydroxylation sites is 1. The Labute approximate surface area is 282 Å². The molecule has 0 unspecified atom stereocenters. The van der Waals surface area contributed by atoms with E-state index in [1.807, 2.05) is 0 Å². The summed E-state index contributed by atoms with van der Waals surface area (Å²) in [6.07, 6.45) is 17.3. The van der Waals surface area contributed by atoms with E-state index in [9.17, 15) is 4.79 Å². The highest BCUT2D eigenvalue weighted by molar-refractivity contribution is 6.32. The van der Waals surface area contributed by atoms with Gasteiger partial charge in [0.2, 0.25) is 0 Å². The summed E-state index contributed by atoms with van der Waals surface area (Å²) in [7, 11) is 0. The van der Waals surface area contributed by atoms with Gasteiger partial charge in [0.15, 0.2) is 0 Å². The van der Waals surface area contributed by atoms with Crippen LogP contribution in [0.3, 0.4) is 0 Å². The van der Waals surface area contributed by atoms with E-state index in [1.165, 1.54) is 50.4 Å². The van der Waals surface area contributed by atoms with Crippen molar-refractivity contribution in [3.05, 3.63) is 117 Å². The number of unbranched alkanes of at least 4 members (excludes halogenated alkanes) is 2. The number of hydrogen-bond donors (Lipinski definition) is 1. The Kier molecular flexibility index (Phi) is 10.5. The van der Waals surface area contributed by atoms with Crippen molar-refractivity contribution in [2.45, 2.75) is 110 Å². The van der Waals surface area contributed by atoms with Gasteiger partial charge in [-0.05, 0) is 102 Å². The van der Waals surface area contributed by atoms with Gasteiger partial charge in [0.1, 0.15) is 0 Å². The van der Waals surface area contributed by atoms with Gasteiger partial charge in [0.05, 0.1) is 0 Å². The summed E-state index contributed by atoms with van der Waals surface area (Å²) in [6.45, 7) is 14.9. The number of carboxylic acids is 1. The molecule has 0 saturated carbocycles. The topological polar surface area (TPSA) is 40.5 Å². The Morgan fingerprint density at radius 1 is 0.913 bits per heavy atom. The van der Waals surface area contributed by atoms with Gasteiger partial charge in [-0.3, -0.25) is 4.79 Å². The number of rotatable bonds is 12. The van der Waals surface area contributed by atoms with Crippen LogP contribution in [0.2, 0.25) is 0 Å². The zero-order valence-electron chi connectivity index (χ0n) is 28.8.